The van der Waals surface area contributed by atoms with Gasteiger partial charge in [0.15, 0.2) is 0 Å². The van der Waals surface area contributed by atoms with Crippen LogP contribution in [-0.4, -0.2) is 26.7 Å². The van der Waals surface area contributed by atoms with Crippen LogP contribution in [0.2, 0.25) is 0 Å². The first-order valence-electron chi connectivity index (χ1n) is 11.9. The number of fused-ring (bicyclic) bond motifs is 3. The first-order chi connectivity index (χ1) is 17.3. The van der Waals surface area contributed by atoms with Crippen molar-refractivity contribution in [1.82, 2.24) is 9.55 Å². The summed E-state index contributed by atoms with van der Waals surface area (Å²) >= 11 is 1.98. The zero-order valence-corrected chi connectivity index (χ0v) is 19.9. The SMILES string of the molecule is Nc1c(/C=C2\CN(C3C=C4C=CC=CC4S3)c3cccnc32)n(-c2ccccc2)c2ccccc12. The van der Waals surface area contributed by atoms with E-state index in [9.17, 15) is 0 Å². The highest BCUT2D eigenvalue weighted by molar-refractivity contribution is 8.01. The minimum absolute atomic E-state index is 0.272. The van der Waals surface area contributed by atoms with Crippen LogP contribution in [0, 0.1) is 0 Å². The number of anilines is 2. The predicted octanol–water partition coefficient (Wildman–Crippen LogP) is 6.46. The van der Waals surface area contributed by atoms with Crippen LogP contribution in [-0.2, 0) is 0 Å². The molecule has 0 saturated heterocycles. The average Bonchev–Trinajstić information content (AvgIpc) is 3.58. The molecule has 4 aromatic rings. The normalized spacial score (nSPS) is 21.5. The lowest BCUT2D eigenvalue weighted by Gasteiger charge is -2.25. The number of para-hydroxylation sites is 2. The van der Waals surface area contributed by atoms with Gasteiger partial charge >= 0.3 is 0 Å². The van der Waals surface area contributed by atoms with Crippen LogP contribution in [0.3, 0.4) is 0 Å². The van der Waals surface area contributed by atoms with E-state index < -0.39 is 0 Å². The number of thioether (sulfide) groups is 1. The van der Waals surface area contributed by atoms with Gasteiger partial charge in [-0.2, -0.15) is 0 Å². The van der Waals surface area contributed by atoms with Crippen molar-refractivity contribution in [3.8, 4) is 5.69 Å². The summed E-state index contributed by atoms with van der Waals surface area (Å²) in [5.41, 5.74) is 15.6. The zero-order valence-electron chi connectivity index (χ0n) is 19.1. The van der Waals surface area contributed by atoms with Crippen molar-refractivity contribution < 1.29 is 0 Å². The molecule has 0 amide bonds. The maximum atomic E-state index is 6.78. The Balaban J connectivity index is 1.36. The average molecular weight is 473 g/mol. The van der Waals surface area contributed by atoms with Gasteiger partial charge in [0, 0.05) is 29.4 Å². The van der Waals surface area contributed by atoms with E-state index in [2.05, 4.69) is 94.5 Å². The molecule has 170 valence electrons. The largest absolute Gasteiger partial charge is 0.396 e. The van der Waals surface area contributed by atoms with Crippen LogP contribution < -0.4 is 10.6 Å². The van der Waals surface area contributed by atoms with Gasteiger partial charge in [0.05, 0.1) is 38.9 Å². The maximum Gasteiger partial charge on any atom is 0.0955 e. The molecular weight excluding hydrogens is 448 g/mol. The first kappa shape index (κ1) is 20.4. The van der Waals surface area contributed by atoms with Crippen LogP contribution in [0.25, 0.3) is 28.2 Å². The second-order valence-corrected chi connectivity index (χ2v) is 10.3. The third-order valence-electron chi connectivity index (χ3n) is 6.96. The van der Waals surface area contributed by atoms with Crippen molar-refractivity contribution in [1.29, 1.82) is 0 Å². The van der Waals surface area contributed by atoms with Gasteiger partial charge < -0.3 is 15.2 Å². The summed E-state index contributed by atoms with van der Waals surface area (Å²) in [6.07, 6.45) is 15.3. The zero-order chi connectivity index (χ0) is 23.4. The summed E-state index contributed by atoms with van der Waals surface area (Å²) in [7, 11) is 0. The molecule has 0 bridgehead atoms. The first-order valence-corrected chi connectivity index (χ1v) is 12.8. The highest BCUT2D eigenvalue weighted by Gasteiger charge is 2.35. The van der Waals surface area contributed by atoms with Gasteiger partial charge in [-0.3, -0.25) is 4.98 Å². The molecule has 2 N–H and O–H groups in total. The fourth-order valence-electron chi connectivity index (χ4n) is 5.34. The minimum atomic E-state index is 0.272. The van der Waals surface area contributed by atoms with Crippen LogP contribution in [0.15, 0.2) is 109 Å². The fourth-order valence-corrected chi connectivity index (χ4v) is 6.70. The number of aromatic nitrogens is 2. The molecule has 35 heavy (non-hydrogen) atoms. The van der Waals surface area contributed by atoms with Crippen LogP contribution >= 0.6 is 11.8 Å². The molecule has 4 nitrogen and oxygen atoms in total. The molecule has 0 saturated carbocycles. The standard InChI is InChI=1S/C30H24N4S/c31-29-23-12-5-6-13-24(23)34(22-10-2-1-3-11-22)26(29)17-21-19-33(25-14-8-16-32-30(21)25)28-18-20-9-4-7-15-27(20)35-28/h1-18,27-28H,19,31H2/b21-17+. The monoisotopic (exact) mass is 472 g/mol. The van der Waals surface area contributed by atoms with Crippen molar-refractivity contribution in [2.45, 2.75) is 10.6 Å². The molecule has 0 fully saturated rings. The number of benzene rings is 2. The predicted molar refractivity (Wildman–Crippen MR) is 149 cm³/mol. The highest BCUT2D eigenvalue weighted by Crippen LogP contribution is 2.45. The van der Waals surface area contributed by atoms with Crippen LogP contribution in [0.1, 0.15) is 11.4 Å². The molecule has 2 atom stereocenters. The van der Waals surface area contributed by atoms with Crippen molar-refractivity contribution in [3.05, 3.63) is 120 Å². The number of pyridine rings is 1. The lowest BCUT2D eigenvalue weighted by Crippen LogP contribution is -2.28. The van der Waals surface area contributed by atoms with Gasteiger partial charge in [-0.25, -0.2) is 0 Å². The summed E-state index contributed by atoms with van der Waals surface area (Å²) in [5, 5.41) is 1.76. The Morgan fingerprint density at radius 1 is 0.971 bits per heavy atom. The maximum absolute atomic E-state index is 6.78. The van der Waals surface area contributed by atoms with E-state index in [-0.39, 0.29) is 5.37 Å². The molecule has 4 heterocycles. The Bertz CT molecular complexity index is 1570. The summed E-state index contributed by atoms with van der Waals surface area (Å²) in [4.78, 5) is 7.29. The van der Waals surface area contributed by atoms with E-state index in [4.69, 9.17) is 10.7 Å². The molecule has 7 rings (SSSR count). The van der Waals surface area contributed by atoms with E-state index in [1.807, 2.05) is 36.2 Å². The number of hydrogen-bond donors (Lipinski definition) is 1. The van der Waals surface area contributed by atoms with E-state index >= 15 is 0 Å². The molecule has 2 aromatic heterocycles. The number of nitrogens with two attached hydrogens (primary N) is 1. The quantitative estimate of drug-likeness (QED) is 0.372. The van der Waals surface area contributed by atoms with Crippen molar-refractivity contribution in [2.75, 3.05) is 17.2 Å². The molecule has 5 heteroatoms. The molecule has 0 spiro atoms. The summed E-state index contributed by atoms with van der Waals surface area (Å²) < 4.78 is 2.26. The summed E-state index contributed by atoms with van der Waals surface area (Å²) in [5.74, 6) is 0. The highest BCUT2D eigenvalue weighted by atomic mass is 32.2. The number of nitrogens with zero attached hydrogens (tertiary/aromatic N) is 3. The second kappa shape index (κ2) is 8.07. The molecular formula is C30H24N4S. The number of nitrogen functional groups attached to an aromatic ring is 1. The second-order valence-electron chi connectivity index (χ2n) is 9.01. The van der Waals surface area contributed by atoms with Crippen molar-refractivity contribution >= 4 is 45.7 Å². The Morgan fingerprint density at radius 2 is 1.83 bits per heavy atom. The topological polar surface area (TPSA) is 47.1 Å². The molecule has 2 aliphatic heterocycles. The van der Waals surface area contributed by atoms with E-state index in [0.29, 0.717) is 5.25 Å². The molecule has 1 aliphatic carbocycles. The third kappa shape index (κ3) is 3.27. The fraction of sp³-hybridized carbons (Fsp3) is 0.100. The third-order valence-corrected chi connectivity index (χ3v) is 8.35. The summed E-state index contributed by atoms with van der Waals surface area (Å²) in [6.45, 7) is 0.795. The van der Waals surface area contributed by atoms with Gasteiger partial charge in [-0.05, 0) is 48.1 Å². The Kier molecular flexibility index (Phi) is 4.71. The Labute approximate surface area is 208 Å². The Morgan fingerprint density at radius 3 is 2.71 bits per heavy atom. The van der Waals surface area contributed by atoms with Crippen LogP contribution in [0.5, 0.6) is 0 Å². The lowest BCUT2D eigenvalue weighted by atomic mass is 10.1. The minimum Gasteiger partial charge on any atom is -0.396 e. The molecule has 3 aliphatic rings. The van der Waals surface area contributed by atoms with Gasteiger partial charge in [-0.1, -0.05) is 60.7 Å². The molecule has 2 unspecified atom stereocenters. The van der Waals surface area contributed by atoms with E-state index in [1.165, 1.54) is 16.8 Å². The van der Waals surface area contributed by atoms with E-state index in [1.54, 1.807) is 0 Å². The van der Waals surface area contributed by atoms with E-state index in [0.717, 1.165) is 40.2 Å². The Hall–Kier alpha value is -3.96. The van der Waals surface area contributed by atoms with Crippen LogP contribution in [0.4, 0.5) is 11.4 Å². The molecule has 0 radical (unpaired) electrons. The van der Waals surface area contributed by atoms with Gasteiger partial charge in [0.1, 0.15) is 0 Å². The van der Waals surface area contributed by atoms with Gasteiger partial charge in [0.25, 0.3) is 0 Å². The van der Waals surface area contributed by atoms with Gasteiger partial charge in [-0.15, -0.1) is 11.8 Å². The smallest absolute Gasteiger partial charge is 0.0955 e. The molecule has 2 aromatic carbocycles. The lowest BCUT2D eigenvalue weighted by molar-refractivity contribution is 0.951. The van der Waals surface area contributed by atoms with Crippen molar-refractivity contribution in [2.24, 2.45) is 0 Å². The number of allylic oxidation sites excluding steroid dienone is 3. The number of rotatable bonds is 3. The van der Waals surface area contributed by atoms with Crippen molar-refractivity contribution in [3.63, 3.8) is 0 Å². The van der Waals surface area contributed by atoms with Gasteiger partial charge in [0.2, 0.25) is 0 Å². The summed E-state index contributed by atoms with van der Waals surface area (Å²) in [6, 6.07) is 23.0. The number of hydrogen-bond acceptors (Lipinski definition) is 4.